The van der Waals surface area contributed by atoms with Gasteiger partial charge in [0.1, 0.15) is 6.61 Å². The van der Waals surface area contributed by atoms with Gasteiger partial charge in [-0.1, -0.05) is 53.7 Å². The Morgan fingerprint density at radius 3 is 2.35 bits per heavy atom. The summed E-state index contributed by atoms with van der Waals surface area (Å²) < 4.78 is 38.2. The topological polar surface area (TPSA) is 70.9 Å². The monoisotopic (exact) mass is 472 g/mol. The molecule has 0 aliphatic heterocycles. The summed E-state index contributed by atoms with van der Waals surface area (Å²) in [5, 5.41) is 15.9. The zero-order chi connectivity index (χ0) is 24.6. The fourth-order valence-electron chi connectivity index (χ4n) is 3.47. The summed E-state index contributed by atoms with van der Waals surface area (Å²) in [6.07, 6.45) is 1.10. The van der Waals surface area contributed by atoms with E-state index in [9.17, 15) is 18.0 Å². The third kappa shape index (κ3) is 7.59. The summed E-state index contributed by atoms with van der Waals surface area (Å²) in [5.74, 6) is -0.825. The first-order chi connectivity index (χ1) is 16.2. The predicted octanol–water partition coefficient (Wildman–Crippen LogP) is 5.81. The van der Waals surface area contributed by atoms with Crippen LogP contribution in [0.15, 0.2) is 71.4 Å². The second-order valence-electron chi connectivity index (χ2n) is 8.06. The van der Waals surface area contributed by atoms with Gasteiger partial charge in [0.05, 0.1) is 17.7 Å². The van der Waals surface area contributed by atoms with Crippen molar-refractivity contribution in [3.8, 4) is 0 Å². The number of benzene rings is 2. The largest absolute Gasteiger partial charge is 0.481 e. The van der Waals surface area contributed by atoms with Crippen molar-refractivity contribution in [2.45, 2.75) is 38.9 Å². The maximum absolute atomic E-state index is 12.7. The maximum atomic E-state index is 12.7. The lowest BCUT2D eigenvalue weighted by atomic mass is 9.93. The van der Waals surface area contributed by atoms with Gasteiger partial charge < -0.3 is 15.3 Å². The smallest absolute Gasteiger partial charge is 0.416 e. The molecule has 2 N–H and O–H groups in total. The first-order valence-corrected chi connectivity index (χ1v) is 11.0. The predicted molar refractivity (Wildman–Crippen MR) is 125 cm³/mol. The van der Waals surface area contributed by atoms with E-state index in [4.69, 9.17) is 9.94 Å². The van der Waals surface area contributed by atoms with E-state index in [1.807, 2.05) is 43.3 Å². The number of nitrogens with zero attached hydrogens (tertiary/aromatic N) is 1. The Morgan fingerprint density at radius 2 is 1.76 bits per heavy atom. The second kappa shape index (κ2) is 11.7. The Kier molecular flexibility index (Phi) is 8.65. The van der Waals surface area contributed by atoms with Gasteiger partial charge in [0.25, 0.3) is 0 Å². The van der Waals surface area contributed by atoms with Crippen LogP contribution in [-0.4, -0.2) is 29.9 Å². The molecule has 1 aliphatic carbocycles. The van der Waals surface area contributed by atoms with Crippen LogP contribution >= 0.6 is 0 Å². The molecule has 8 heteroatoms. The summed E-state index contributed by atoms with van der Waals surface area (Å²) in [4.78, 5) is 16.0. The highest BCUT2D eigenvalue weighted by atomic mass is 19.4. The van der Waals surface area contributed by atoms with Crippen LogP contribution in [0.2, 0.25) is 0 Å². The lowest BCUT2D eigenvalue weighted by Crippen LogP contribution is -2.17. The Morgan fingerprint density at radius 1 is 1.06 bits per heavy atom. The van der Waals surface area contributed by atoms with Crippen molar-refractivity contribution in [1.82, 2.24) is 5.32 Å². The molecule has 34 heavy (non-hydrogen) atoms. The van der Waals surface area contributed by atoms with Crippen LogP contribution in [0.5, 0.6) is 0 Å². The zero-order valence-electron chi connectivity index (χ0n) is 18.9. The molecule has 0 atom stereocenters. The van der Waals surface area contributed by atoms with Crippen molar-refractivity contribution in [1.29, 1.82) is 0 Å². The number of nitrogens with one attached hydrogen (secondary N) is 1. The number of hydrogen-bond acceptors (Lipinski definition) is 4. The molecule has 180 valence electrons. The highest BCUT2D eigenvalue weighted by Gasteiger charge is 2.30. The molecule has 0 spiro atoms. The average molecular weight is 473 g/mol. The van der Waals surface area contributed by atoms with Crippen molar-refractivity contribution in [3.63, 3.8) is 0 Å². The number of carboxylic acids is 1. The first kappa shape index (κ1) is 25.2. The molecule has 0 radical (unpaired) electrons. The minimum atomic E-state index is -4.33. The van der Waals surface area contributed by atoms with Crippen LogP contribution in [0.4, 0.5) is 13.2 Å². The van der Waals surface area contributed by atoms with Gasteiger partial charge in [0.15, 0.2) is 0 Å². The molecule has 0 saturated heterocycles. The number of rotatable bonds is 10. The molecule has 2 aromatic carbocycles. The molecule has 0 aromatic heterocycles. The third-order valence-electron chi connectivity index (χ3n) is 5.49. The molecule has 0 saturated carbocycles. The van der Waals surface area contributed by atoms with E-state index in [0.717, 1.165) is 58.5 Å². The van der Waals surface area contributed by atoms with Gasteiger partial charge in [-0.2, -0.15) is 13.2 Å². The third-order valence-corrected chi connectivity index (χ3v) is 5.49. The van der Waals surface area contributed by atoms with E-state index >= 15 is 0 Å². The van der Waals surface area contributed by atoms with Crippen LogP contribution in [-0.2, 0) is 22.4 Å². The van der Waals surface area contributed by atoms with Gasteiger partial charge in [0, 0.05) is 13.1 Å². The molecule has 1 aliphatic rings. The Hall–Kier alpha value is -3.39. The van der Waals surface area contributed by atoms with Gasteiger partial charge in [0.2, 0.25) is 0 Å². The standard InChI is InChI=1S/C26H27F3N2O3/c1-18(21-6-2-19(3-7-21)16-30-15-14-25(32)33)31-34-17-20-4-8-22(9-5-20)23-10-12-24(13-11-23)26(27,28)29/h2-4,6-8,10-13,30H,5,9,14-17H2,1H3,(H,32,33)/b31-18+. The quantitative estimate of drug-likeness (QED) is 0.260. The van der Waals surface area contributed by atoms with Crippen molar-refractivity contribution in [3.05, 3.63) is 88.5 Å². The SMILES string of the molecule is C/C(=N\OCC1=CC=C(c2ccc(C(F)(F)F)cc2)CC1)c1ccc(CNCCC(=O)O)cc1. The molecule has 2 aromatic rings. The van der Waals surface area contributed by atoms with Crippen molar-refractivity contribution in [2.24, 2.45) is 5.16 Å². The van der Waals surface area contributed by atoms with Gasteiger partial charge in [-0.3, -0.25) is 4.79 Å². The fourth-order valence-corrected chi connectivity index (χ4v) is 3.47. The van der Waals surface area contributed by atoms with Crippen LogP contribution in [0, 0.1) is 0 Å². The Bertz CT molecular complexity index is 1070. The van der Waals surface area contributed by atoms with Crippen LogP contribution in [0.25, 0.3) is 5.57 Å². The van der Waals surface area contributed by atoms with E-state index < -0.39 is 17.7 Å². The molecule has 0 heterocycles. The number of allylic oxidation sites excluding steroid dienone is 3. The van der Waals surface area contributed by atoms with E-state index in [1.54, 1.807) is 0 Å². The van der Waals surface area contributed by atoms with E-state index in [-0.39, 0.29) is 6.42 Å². The minimum Gasteiger partial charge on any atom is -0.481 e. The van der Waals surface area contributed by atoms with Crippen LogP contribution in [0.3, 0.4) is 0 Å². The highest BCUT2D eigenvalue weighted by Crippen LogP contribution is 2.32. The summed E-state index contributed by atoms with van der Waals surface area (Å²) in [6, 6.07) is 13.0. The summed E-state index contributed by atoms with van der Waals surface area (Å²) in [6.45, 7) is 3.22. The lowest BCUT2D eigenvalue weighted by molar-refractivity contribution is -0.138. The van der Waals surface area contributed by atoms with Gasteiger partial charge in [-0.25, -0.2) is 0 Å². The number of carboxylic acid groups (broad SMARTS) is 1. The number of hydrogen-bond donors (Lipinski definition) is 2. The molecule has 0 fully saturated rings. The highest BCUT2D eigenvalue weighted by molar-refractivity contribution is 5.98. The van der Waals surface area contributed by atoms with Gasteiger partial charge >= 0.3 is 12.1 Å². The Labute approximate surface area is 196 Å². The number of alkyl halides is 3. The van der Waals surface area contributed by atoms with Crippen molar-refractivity contribution in [2.75, 3.05) is 13.2 Å². The summed E-state index contributed by atoms with van der Waals surface area (Å²) >= 11 is 0. The molecular formula is C26H27F3N2O3. The van der Waals surface area contributed by atoms with E-state index in [0.29, 0.717) is 19.7 Å². The Balaban J connectivity index is 1.49. The van der Waals surface area contributed by atoms with Crippen LogP contribution < -0.4 is 5.32 Å². The van der Waals surface area contributed by atoms with Gasteiger partial charge in [-0.05, 0) is 59.7 Å². The molecule has 0 bridgehead atoms. The number of halogens is 3. The zero-order valence-corrected chi connectivity index (χ0v) is 18.9. The molecule has 0 amide bonds. The first-order valence-electron chi connectivity index (χ1n) is 11.0. The minimum absolute atomic E-state index is 0.0871. The molecule has 0 unspecified atom stereocenters. The second-order valence-corrected chi connectivity index (χ2v) is 8.06. The molecule has 3 rings (SSSR count). The molecule has 5 nitrogen and oxygen atoms in total. The fraction of sp³-hybridized carbons (Fsp3) is 0.308. The lowest BCUT2D eigenvalue weighted by Gasteiger charge is -2.15. The number of carbonyl (C=O) groups is 1. The normalized spacial score (nSPS) is 14.4. The maximum Gasteiger partial charge on any atom is 0.416 e. The number of aliphatic carboxylic acids is 1. The van der Waals surface area contributed by atoms with Gasteiger partial charge in [-0.15, -0.1) is 0 Å². The van der Waals surface area contributed by atoms with E-state index in [1.165, 1.54) is 12.1 Å². The molecular weight excluding hydrogens is 445 g/mol. The number of oxime groups is 1. The van der Waals surface area contributed by atoms with Crippen LogP contribution in [0.1, 0.15) is 48.4 Å². The summed E-state index contributed by atoms with van der Waals surface area (Å²) in [7, 11) is 0. The van der Waals surface area contributed by atoms with Crippen molar-refractivity contribution >= 4 is 17.3 Å². The summed E-state index contributed by atoms with van der Waals surface area (Å²) in [5.41, 5.74) is 4.92. The van der Waals surface area contributed by atoms with Crippen molar-refractivity contribution < 1.29 is 27.9 Å². The van der Waals surface area contributed by atoms with E-state index in [2.05, 4.69) is 10.5 Å². The average Bonchev–Trinajstić information content (AvgIpc) is 2.82.